The van der Waals surface area contributed by atoms with Crippen molar-refractivity contribution in [3.05, 3.63) is 11.2 Å². The van der Waals surface area contributed by atoms with Crippen molar-refractivity contribution in [2.45, 2.75) is 43.2 Å². The van der Waals surface area contributed by atoms with E-state index in [1.807, 2.05) is 6.92 Å². The first-order valence-electron chi connectivity index (χ1n) is 6.74. The van der Waals surface area contributed by atoms with Crippen LogP contribution >= 0.6 is 11.6 Å². The van der Waals surface area contributed by atoms with Crippen molar-refractivity contribution in [2.75, 3.05) is 6.54 Å². The molecule has 1 fully saturated rings. The third-order valence-corrected chi connectivity index (χ3v) is 6.31. The van der Waals surface area contributed by atoms with E-state index in [-0.39, 0.29) is 22.5 Å². The largest absolute Gasteiger partial charge is 0.329 e. The average Bonchev–Trinajstić information content (AvgIpc) is 2.72. The SMILES string of the molecule is CC1CCCCC1(CN)NS(=O)(=O)c1c(Cl)cnn1C. The molecule has 0 radical (unpaired) electrons. The lowest BCUT2D eigenvalue weighted by atomic mass is 9.74. The van der Waals surface area contributed by atoms with Gasteiger partial charge in [-0.05, 0) is 18.8 Å². The maximum Gasteiger partial charge on any atom is 0.259 e. The van der Waals surface area contributed by atoms with Crippen molar-refractivity contribution < 1.29 is 8.42 Å². The quantitative estimate of drug-likeness (QED) is 0.874. The fourth-order valence-corrected chi connectivity index (χ4v) is 5.12. The molecule has 8 heteroatoms. The van der Waals surface area contributed by atoms with Gasteiger partial charge in [0.2, 0.25) is 0 Å². The first kappa shape index (κ1) is 15.8. The summed E-state index contributed by atoms with van der Waals surface area (Å²) in [5.74, 6) is 0.197. The molecule has 1 heterocycles. The molecule has 20 heavy (non-hydrogen) atoms. The van der Waals surface area contributed by atoms with Gasteiger partial charge in [0, 0.05) is 19.1 Å². The van der Waals surface area contributed by atoms with Crippen molar-refractivity contribution in [1.82, 2.24) is 14.5 Å². The molecular weight excluding hydrogens is 300 g/mol. The summed E-state index contributed by atoms with van der Waals surface area (Å²) in [4.78, 5) is 0. The van der Waals surface area contributed by atoms with E-state index in [9.17, 15) is 8.42 Å². The van der Waals surface area contributed by atoms with E-state index in [0.29, 0.717) is 0 Å². The summed E-state index contributed by atoms with van der Waals surface area (Å²) in [6, 6.07) is 0. The molecule has 1 aliphatic carbocycles. The van der Waals surface area contributed by atoms with Crippen molar-refractivity contribution in [3.63, 3.8) is 0 Å². The van der Waals surface area contributed by atoms with Gasteiger partial charge in [0.15, 0.2) is 5.03 Å². The Hall–Kier alpha value is -0.630. The van der Waals surface area contributed by atoms with Crippen LogP contribution in [0.1, 0.15) is 32.6 Å². The molecule has 0 aromatic carbocycles. The highest BCUT2D eigenvalue weighted by Gasteiger charge is 2.41. The van der Waals surface area contributed by atoms with Crippen LogP contribution in [0.15, 0.2) is 11.2 Å². The Balaban J connectivity index is 2.36. The first-order valence-corrected chi connectivity index (χ1v) is 8.60. The zero-order valence-corrected chi connectivity index (χ0v) is 13.3. The van der Waals surface area contributed by atoms with Crippen molar-refractivity contribution >= 4 is 21.6 Å². The minimum absolute atomic E-state index is 0.00948. The van der Waals surface area contributed by atoms with Gasteiger partial charge >= 0.3 is 0 Å². The number of aromatic nitrogens is 2. The average molecular weight is 321 g/mol. The Morgan fingerprint density at radius 2 is 2.30 bits per heavy atom. The number of sulfonamides is 1. The molecule has 2 atom stereocenters. The highest BCUT2D eigenvalue weighted by molar-refractivity contribution is 7.89. The maximum atomic E-state index is 12.6. The van der Waals surface area contributed by atoms with Crippen molar-refractivity contribution in [3.8, 4) is 0 Å². The van der Waals surface area contributed by atoms with Gasteiger partial charge in [-0.15, -0.1) is 0 Å². The van der Waals surface area contributed by atoms with Gasteiger partial charge < -0.3 is 5.73 Å². The van der Waals surface area contributed by atoms with E-state index in [2.05, 4.69) is 9.82 Å². The van der Waals surface area contributed by atoms with Crippen LogP contribution in [0.4, 0.5) is 0 Å². The van der Waals surface area contributed by atoms with Gasteiger partial charge in [-0.25, -0.2) is 13.1 Å². The van der Waals surface area contributed by atoms with Crippen LogP contribution in [-0.2, 0) is 17.1 Å². The summed E-state index contributed by atoms with van der Waals surface area (Å²) >= 11 is 5.94. The Kier molecular flexibility index (Phi) is 4.44. The number of hydrogen-bond donors (Lipinski definition) is 2. The van der Waals surface area contributed by atoms with Gasteiger partial charge in [0.25, 0.3) is 10.0 Å². The molecule has 1 aromatic rings. The molecule has 1 aromatic heterocycles. The van der Waals surface area contributed by atoms with E-state index in [0.717, 1.165) is 25.7 Å². The van der Waals surface area contributed by atoms with Gasteiger partial charge in [0.05, 0.1) is 11.2 Å². The van der Waals surface area contributed by atoms with E-state index in [1.165, 1.54) is 10.9 Å². The predicted octanol–water partition coefficient (Wildman–Crippen LogP) is 1.26. The van der Waals surface area contributed by atoms with Crippen LogP contribution in [0.2, 0.25) is 5.02 Å². The fourth-order valence-electron chi connectivity index (χ4n) is 2.93. The lowest BCUT2D eigenvalue weighted by Crippen LogP contribution is -2.59. The Morgan fingerprint density at radius 1 is 1.60 bits per heavy atom. The van der Waals surface area contributed by atoms with Crippen LogP contribution in [0.25, 0.3) is 0 Å². The number of nitrogens with two attached hydrogens (primary N) is 1. The van der Waals surface area contributed by atoms with Crippen molar-refractivity contribution in [2.24, 2.45) is 18.7 Å². The molecule has 2 rings (SSSR count). The lowest BCUT2D eigenvalue weighted by molar-refractivity contribution is 0.191. The van der Waals surface area contributed by atoms with E-state index in [1.54, 1.807) is 7.05 Å². The van der Waals surface area contributed by atoms with Gasteiger partial charge in [-0.3, -0.25) is 4.68 Å². The minimum atomic E-state index is -3.74. The Bertz CT molecular complexity index is 567. The Morgan fingerprint density at radius 3 is 2.80 bits per heavy atom. The standard InChI is InChI=1S/C12H21ClN4O2S/c1-9-5-3-4-6-12(9,8-14)16-20(18,19)11-10(13)7-15-17(11)2/h7,9,16H,3-6,8,14H2,1-2H3. The zero-order valence-electron chi connectivity index (χ0n) is 11.8. The number of hydrogen-bond acceptors (Lipinski definition) is 4. The summed E-state index contributed by atoms with van der Waals surface area (Å²) in [6.07, 6.45) is 5.13. The summed E-state index contributed by atoms with van der Waals surface area (Å²) in [5, 5.41) is 3.99. The molecule has 6 nitrogen and oxygen atoms in total. The minimum Gasteiger partial charge on any atom is -0.329 e. The second-order valence-electron chi connectivity index (χ2n) is 5.53. The lowest BCUT2D eigenvalue weighted by Gasteiger charge is -2.42. The predicted molar refractivity (Wildman–Crippen MR) is 78.0 cm³/mol. The molecule has 0 amide bonds. The number of halogens is 1. The highest BCUT2D eigenvalue weighted by atomic mass is 35.5. The fraction of sp³-hybridized carbons (Fsp3) is 0.750. The summed E-state index contributed by atoms with van der Waals surface area (Å²) < 4.78 is 29.3. The maximum absolute atomic E-state index is 12.6. The third-order valence-electron chi connectivity index (χ3n) is 4.25. The molecule has 114 valence electrons. The topological polar surface area (TPSA) is 90.0 Å². The van der Waals surface area contributed by atoms with Crippen molar-refractivity contribution in [1.29, 1.82) is 0 Å². The number of aryl methyl sites for hydroxylation is 1. The van der Waals surface area contributed by atoms with Crippen LogP contribution in [-0.4, -0.2) is 30.3 Å². The Labute approximate surface area is 124 Å². The second kappa shape index (κ2) is 5.63. The molecule has 1 aliphatic rings. The summed E-state index contributed by atoms with van der Waals surface area (Å²) in [5.41, 5.74) is 5.29. The van der Waals surface area contributed by atoms with Gasteiger partial charge in [-0.1, -0.05) is 31.4 Å². The smallest absolute Gasteiger partial charge is 0.259 e. The van der Waals surface area contributed by atoms with E-state index in [4.69, 9.17) is 17.3 Å². The molecular formula is C12H21ClN4O2S. The van der Waals surface area contributed by atoms with E-state index >= 15 is 0 Å². The zero-order chi connectivity index (χ0) is 15.0. The summed E-state index contributed by atoms with van der Waals surface area (Å²) in [6.45, 7) is 2.32. The van der Waals surface area contributed by atoms with E-state index < -0.39 is 15.6 Å². The molecule has 3 N–H and O–H groups in total. The van der Waals surface area contributed by atoms with Crippen LogP contribution < -0.4 is 10.5 Å². The molecule has 2 unspecified atom stereocenters. The summed E-state index contributed by atoms with van der Waals surface area (Å²) in [7, 11) is -2.19. The number of rotatable bonds is 4. The van der Waals surface area contributed by atoms with Gasteiger partial charge in [-0.2, -0.15) is 5.10 Å². The van der Waals surface area contributed by atoms with Crippen LogP contribution in [0, 0.1) is 5.92 Å². The highest BCUT2D eigenvalue weighted by Crippen LogP contribution is 2.34. The van der Waals surface area contributed by atoms with Crippen LogP contribution in [0.5, 0.6) is 0 Å². The molecule has 0 bridgehead atoms. The third kappa shape index (κ3) is 2.72. The number of nitrogens with zero attached hydrogens (tertiary/aromatic N) is 2. The number of nitrogens with one attached hydrogen (secondary N) is 1. The van der Waals surface area contributed by atoms with Gasteiger partial charge in [0.1, 0.15) is 0 Å². The molecule has 0 saturated heterocycles. The first-order chi connectivity index (χ1) is 9.32. The van der Waals surface area contributed by atoms with Crippen LogP contribution in [0.3, 0.4) is 0 Å². The monoisotopic (exact) mass is 320 g/mol. The molecule has 0 aliphatic heterocycles. The second-order valence-corrected chi connectivity index (χ2v) is 7.54. The molecule has 0 spiro atoms. The molecule has 1 saturated carbocycles. The normalized spacial score (nSPS) is 27.7.